The number of carbonyl (C=O) groups is 1. The first-order valence-corrected chi connectivity index (χ1v) is 9.51. The van der Waals surface area contributed by atoms with Gasteiger partial charge in [0.25, 0.3) is 0 Å². The number of rotatable bonds is 7. The molecule has 1 aromatic rings. The number of amides is 1. The summed E-state index contributed by atoms with van der Waals surface area (Å²) < 4.78 is 38.8. The van der Waals surface area contributed by atoms with E-state index in [4.69, 9.17) is 5.73 Å². The van der Waals surface area contributed by atoms with Gasteiger partial charge in [0.2, 0.25) is 15.9 Å². The van der Waals surface area contributed by atoms with E-state index in [1.807, 2.05) is 0 Å². The van der Waals surface area contributed by atoms with Crippen molar-refractivity contribution in [1.29, 1.82) is 0 Å². The molecule has 1 amide bonds. The molecular formula is C16H24FN3O3S. The third kappa shape index (κ3) is 4.31. The molecule has 2 N–H and O–H groups in total. The molecule has 0 radical (unpaired) electrons. The number of hydrogen-bond acceptors (Lipinski definition) is 4. The third-order valence-electron chi connectivity index (χ3n) is 4.36. The number of likely N-dealkylation sites (tertiary alicyclic amines) is 1. The van der Waals surface area contributed by atoms with Gasteiger partial charge in [0.1, 0.15) is 5.82 Å². The molecule has 1 aromatic carbocycles. The van der Waals surface area contributed by atoms with E-state index >= 15 is 0 Å². The normalized spacial score (nSPS) is 18.3. The highest BCUT2D eigenvalue weighted by Crippen LogP contribution is 2.19. The van der Waals surface area contributed by atoms with Crippen LogP contribution in [0.1, 0.15) is 25.7 Å². The molecule has 24 heavy (non-hydrogen) atoms. The zero-order chi connectivity index (χ0) is 17.7. The Morgan fingerprint density at radius 2 is 2.04 bits per heavy atom. The van der Waals surface area contributed by atoms with E-state index in [-0.39, 0.29) is 23.4 Å². The van der Waals surface area contributed by atoms with E-state index in [1.54, 1.807) is 4.90 Å². The number of hydrogen-bond donors (Lipinski definition) is 1. The molecular weight excluding hydrogens is 333 g/mol. The van der Waals surface area contributed by atoms with Crippen LogP contribution in [-0.2, 0) is 14.8 Å². The lowest BCUT2D eigenvalue weighted by molar-refractivity contribution is -0.132. The minimum Gasteiger partial charge on any atom is -0.338 e. The summed E-state index contributed by atoms with van der Waals surface area (Å²) in [5, 5.41) is 0. The number of benzene rings is 1. The number of nitrogens with two attached hydrogens (primary N) is 1. The van der Waals surface area contributed by atoms with Gasteiger partial charge in [0.15, 0.2) is 0 Å². The van der Waals surface area contributed by atoms with Crippen LogP contribution in [0.4, 0.5) is 4.39 Å². The number of halogens is 1. The van der Waals surface area contributed by atoms with Crippen molar-refractivity contribution in [3.8, 4) is 0 Å². The average Bonchev–Trinajstić information content (AvgIpc) is 3.03. The molecule has 1 fully saturated rings. The minimum absolute atomic E-state index is 0.0236. The van der Waals surface area contributed by atoms with Gasteiger partial charge in [0.05, 0.1) is 4.90 Å². The number of sulfonamides is 1. The second-order valence-electron chi connectivity index (χ2n) is 6.00. The van der Waals surface area contributed by atoms with Crippen LogP contribution in [0.2, 0.25) is 0 Å². The summed E-state index contributed by atoms with van der Waals surface area (Å²) in [5.41, 5.74) is 5.66. The highest BCUT2D eigenvalue weighted by molar-refractivity contribution is 7.89. The molecule has 0 saturated carbocycles. The van der Waals surface area contributed by atoms with E-state index in [9.17, 15) is 17.6 Å². The molecule has 1 aliphatic rings. The first-order valence-electron chi connectivity index (χ1n) is 8.07. The largest absolute Gasteiger partial charge is 0.338 e. The molecule has 134 valence electrons. The van der Waals surface area contributed by atoms with Crippen molar-refractivity contribution in [2.45, 2.75) is 36.6 Å². The maximum atomic E-state index is 12.9. The first-order chi connectivity index (χ1) is 11.4. The van der Waals surface area contributed by atoms with Crippen LogP contribution in [0.3, 0.4) is 0 Å². The summed E-state index contributed by atoms with van der Waals surface area (Å²) >= 11 is 0. The van der Waals surface area contributed by atoms with Gasteiger partial charge in [-0.05, 0) is 43.5 Å². The van der Waals surface area contributed by atoms with E-state index < -0.39 is 15.8 Å². The SMILES string of the molecule is CN(CCCC(=O)N1CCCC1CN)S(=O)(=O)c1ccc(F)cc1. The summed E-state index contributed by atoms with van der Waals surface area (Å²) in [4.78, 5) is 14.1. The fourth-order valence-corrected chi connectivity index (χ4v) is 4.12. The van der Waals surface area contributed by atoms with Gasteiger partial charge in [-0.1, -0.05) is 0 Å². The fourth-order valence-electron chi connectivity index (χ4n) is 2.91. The monoisotopic (exact) mass is 357 g/mol. The number of nitrogens with zero attached hydrogens (tertiary/aromatic N) is 2. The summed E-state index contributed by atoms with van der Waals surface area (Å²) in [5.74, 6) is -0.460. The predicted molar refractivity (Wildman–Crippen MR) is 89.2 cm³/mol. The van der Waals surface area contributed by atoms with Crippen LogP contribution in [-0.4, -0.2) is 56.3 Å². The van der Waals surface area contributed by atoms with Crippen LogP contribution < -0.4 is 5.73 Å². The Balaban J connectivity index is 1.87. The van der Waals surface area contributed by atoms with Crippen LogP contribution in [0.15, 0.2) is 29.2 Å². The van der Waals surface area contributed by atoms with Gasteiger partial charge >= 0.3 is 0 Å². The molecule has 0 spiro atoms. The first kappa shape index (κ1) is 18.8. The summed E-state index contributed by atoms with van der Waals surface area (Å²) in [7, 11) is -2.21. The van der Waals surface area contributed by atoms with E-state index in [0.717, 1.165) is 31.5 Å². The van der Waals surface area contributed by atoms with Gasteiger partial charge in [0, 0.05) is 39.1 Å². The zero-order valence-electron chi connectivity index (χ0n) is 13.8. The summed E-state index contributed by atoms with van der Waals surface area (Å²) in [6, 6.07) is 4.82. The van der Waals surface area contributed by atoms with E-state index in [2.05, 4.69) is 0 Å². The Hall–Kier alpha value is -1.51. The Labute approximate surface area is 142 Å². The Morgan fingerprint density at radius 3 is 2.67 bits per heavy atom. The Kier molecular flexibility index (Phi) is 6.31. The molecule has 0 aromatic heterocycles. The molecule has 6 nitrogen and oxygen atoms in total. The second kappa shape index (κ2) is 8.04. The lowest BCUT2D eigenvalue weighted by Crippen LogP contribution is -2.40. The van der Waals surface area contributed by atoms with Crippen LogP contribution in [0, 0.1) is 5.82 Å². The standard InChI is InChI=1S/C16H24FN3O3S/c1-19(24(22,23)15-8-6-13(17)7-9-15)10-3-5-16(21)20-11-2-4-14(20)12-18/h6-9,14H,2-5,10-12,18H2,1H3. The fraction of sp³-hybridized carbons (Fsp3) is 0.562. The molecule has 1 saturated heterocycles. The molecule has 1 atom stereocenters. The maximum absolute atomic E-state index is 12.9. The second-order valence-corrected chi connectivity index (χ2v) is 8.05. The van der Waals surface area contributed by atoms with Crippen molar-refractivity contribution in [3.63, 3.8) is 0 Å². The van der Waals surface area contributed by atoms with Crippen molar-refractivity contribution in [3.05, 3.63) is 30.1 Å². The molecule has 0 aliphatic carbocycles. The molecule has 1 heterocycles. The van der Waals surface area contributed by atoms with E-state index in [0.29, 0.717) is 19.4 Å². The van der Waals surface area contributed by atoms with Crippen LogP contribution >= 0.6 is 0 Å². The average molecular weight is 357 g/mol. The summed E-state index contributed by atoms with van der Waals surface area (Å²) in [6.07, 6.45) is 2.62. The highest BCUT2D eigenvalue weighted by Gasteiger charge is 2.27. The number of carbonyl (C=O) groups excluding carboxylic acids is 1. The van der Waals surface area contributed by atoms with Crippen LogP contribution in [0.25, 0.3) is 0 Å². The van der Waals surface area contributed by atoms with Gasteiger partial charge in [-0.15, -0.1) is 0 Å². The van der Waals surface area contributed by atoms with Crippen LogP contribution in [0.5, 0.6) is 0 Å². The van der Waals surface area contributed by atoms with E-state index in [1.165, 1.54) is 23.5 Å². The molecule has 1 unspecified atom stereocenters. The topological polar surface area (TPSA) is 83.7 Å². The molecule has 1 aliphatic heterocycles. The summed E-state index contributed by atoms with van der Waals surface area (Å²) in [6.45, 7) is 1.42. The van der Waals surface area contributed by atoms with Crippen molar-refractivity contribution in [2.75, 3.05) is 26.7 Å². The van der Waals surface area contributed by atoms with Gasteiger partial charge in [-0.3, -0.25) is 4.79 Å². The molecule has 8 heteroatoms. The lowest BCUT2D eigenvalue weighted by Gasteiger charge is -2.24. The van der Waals surface area contributed by atoms with Crippen molar-refractivity contribution >= 4 is 15.9 Å². The van der Waals surface area contributed by atoms with Crippen molar-refractivity contribution in [1.82, 2.24) is 9.21 Å². The predicted octanol–water partition coefficient (Wildman–Crippen LogP) is 1.18. The van der Waals surface area contributed by atoms with Gasteiger partial charge < -0.3 is 10.6 Å². The van der Waals surface area contributed by atoms with Gasteiger partial charge in [-0.2, -0.15) is 0 Å². The van der Waals surface area contributed by atoms with Crippen molar-refractivity contribution in [2.24, 2.45) is 5.73 Å². The zero-order valence-corrected chi connectivity index (χ0v) is 14.6. The molecule has 2 rings (SSSR count). The highest BCUT2D eigenvalue weighted by atomic mass is 32.2. The minimum atomic E-state index is -3.67. The lowest BCUT2D eigenvalue weighted by atomic mass is 10.2. The van der Waals surface area contributed by atoms with Crippen molar-refractivity contribution < 1.29 is 17.6 Å². The Morgan fingerprint density at radius 1 is 1.38 bits per heavy atom. The smallest absolute Gasteiger partial charge is 0.242 e. The quantitative estimate of drug-likeness (QED) is 0.794. The molecule has 0 bridgehead atoms. The van der Waals surface area contributed by atoms with Gasteiger partial charge in [-0.25, -0.2) is 17.1 Å². The maximum Gasteiger partial charge on any atom is 0.242 e. The Bertz CT molecular complexity index is 664. The third-order valence-corrected chi connectivity index (χ3v) is 6.23.